The highest BCUT2D eigenvalue weighted by molar-refractivity contribution is 5.89. The zero-order valence-electron chi connectivity index (χ0n) is 12.2. The fourth-order valence-electron chi connectivity index (χ4n) is 4.06. The molecule has 2 aliphatic heterocycles. The van der Waals surface area contributed by atoms with Gasteiger partial charge in [-0.3, -0.25) is 9.59 Å². The van der Waals surface area contributed by atoms with Crippen molar-refractivity contribution >= 4 is 11.8 Å². The topological polar surface area (TPSA) is 60.9 Å². The van der Waals surface area contributed by atoms with Gasteiger partial charge >= 0.3 is 0 Å². The highest BCUT2D eigenvalue weighted by atomic mass is 16.3. The van der Waals surface area contributed by atoms with Crippen LogP contribution in [0.5, 0.6) is 0 Å². The lowest BCUT2D eigenvalue weighted by Crippen LogP contribution is -2.55. The van der Waals surface area contributed by atoms with Gasteiger partial charge < -0.3 is 14.9 Å². The highest BCUT2D eigenvalue weighted by Crippen LogP contribution is 2.40. The van der Waals surface area contributed by atoms with E-state index < -0.39 is 5.60 Å². The van der Waals surface area contributed by atoms with Gasteiger partial charge in [-0.2, -0.15) is 0 Å². The second-order valence-electron chi connectivity index (χ2n) is 6.76. The molecule has 0 radical (unpaired) electrons. The molecule has 3 fully saturated rings. The van der Waals surface area contributed by atoms with Gasteiger partial charge in [-0.1, -0.05) is 12.8 Å². The summed E-state index contributed by atoms with van der Waals surface area (Å²) < 4.78 is 0. The van der Waals surface area contributed by atoms with Gasteiger partial charge in [-0.15, -0.1) is 0 Å². The van der Waals surface area contributed by atoms with E-state index >= 15 is 0 Å². The number of likely N-dealkylation sites (tertiary alicyclic amines) is 2. The molecular weight excluding hydrogens is 256 g/mol. The highest BCUT2D eigenvalue weighted by Gasteiger charge is 2.45. The molecule has 2 heterocycles. The first-order chi connectivity index (χ1) is 9.49. The third kappa shape index (κ3) is 2.32. The van der Waals surface area contributed by atoms with Gasteiger partial charge in [-0.25, -0.2) is 0 Å². The van der Waals surface area contributed by atoms with E-state index in [9.17, 15) is 14.7 Å². The van der Waals surface area contributed by atoms with Crippen LogP contribution in [0.3, 0.4) is 0 Å². The molecule has 0 spiro atoms. The van der Waals surface area contributed by atoms with E-state index in [1.54, 1.807) is 11.9 Å². The van der Waals surface area contributed by atoms with Crippen molar-refractivity contribution in [3.05, 3.63) is 0 Å². The molecular formula is C15H24N2O3. The van der Waals surface area contributed by atoms with Crippen molar-refractivity contribution in [2.75, 3.05) is 26.7 Å². The lowest BCUT2D eigenvalue weighted by atomic mass is 9.71. The molecule has 1 saturated carbocycles. The summed E-state index contributed by atoms with van der Waals surface area (Å²) in [5.74, 6) is 0.218. The van der Waals surface area contributed by atoms with Crippen LogP contribution in [0.2, 0.25) is 0 Å². The molecule has 3 rings (SSSR count). The van der Waals surface area contributed by atoms with Crippen LogP contribution in [0.25, 0.3) is 0 Å². The minimum Gasteiger partial charge on any atom is -0.389 e. The maximum Gasteiger partial charge on any atom is 0.228 e. The maximum absolute atomic E-state index is 12.5. The largest absolute Gasteiger partial charge is 0.389 e. The van der Waals surface area contributed by atoms with Crippen LogP contribution in [-0.4, -0.2) is 59.0 Å². The molecule has 1 N–H and O–H groups in total. The summed E-state index contributed by atoms with van der Waals surface area (Å²) in [7, 11) is 1.76. The molecule has 0 aromatic heterocycles. The first-order valence-electron chi connectivity index (χ1n) is 7.75. The summed E-state index contributed by atoms with van der Waals surface area (Å²) in [6, 6.07) is 0. The van der Waals surface area contributed by atoms with Crippen molar-refractivity contribution < 1.29 is 14.7 Å². The number of fused-ring (bicyclic) bond motifs is 1. The summed E-state index contributed by atoms with van der Waals surface area (Å²) in [5, 5.41) is 10.6. The first kappa shape index (κ1) is 13.9. The molecule has 3 aliphatic rings. The zero-order valence-corrected chi connectivity index (χ0v) is 12.2. The van der Waals surface area contributed by atoms with E-state index in [2.05, 4.69) is 0 Å². The van der Waals surface area contributed by atoms with Crippen molar-refractivity contribution in [3.8, 4) is 0 Å². The normalized spacial score (nSPS) is 38.0. The lowest BCUT2D eigenvalue weighted by Gasteiger charge is -2.47. The van der Waals surface area contributed by atoms with Crippen molar-refractivity contribution in [1.29, 1.82) is 0 Å². The Labute approximate surface area is 119 Å². The second kappa shape index (κ2) is 5.02. The predicted octanol–water partition coefficient (Wildman–Crippen LogP) is 0.618. The van der Waals surface area contributed by atoms with E-state index in [-0.39, 0.29) is 23.7 Å². The third-order valence-electron chi connectivity index (χ3n) is 5.43. The Bertz CT molecular complexity index is 425. The van der Waals surface area contributed by atoms with Crippen molar-refractivity contribution in [2.45, 2.75) is 44.1 Å². The van der Waals surface area contributed by atoms with Gasteiger partial charge in [0.25, 0.3) is 0 Å². The summed E-state index contributed by atoms with van der Waals surface area (Å²) in [6.45, 7) is 1.85. The van der Waals surface area contributed by atoms with Gasteiger partial charge in [0, 0.05) is 39.0 Å². The Kier molecular flexibility index (Phi) is 3.48. The standard InChI is InChI=1S/C15H24N2O3/c1-16-9-11(8-13(16)18)14(19)17-7-6-15(20)5-3-2-4-12(15)10-17/h11-12,20H,2-10H2,1H3. The molecule has 20 heavy (non-hydrogen) atoms. The van der Waals surface area contributed by atoms with Crippen molar-refractivity contribution in [2.24, 2.45) is 11.8 Å². The number of hydrogen-bond donors (Lipinski definition) is 1. The van der Waals surface area contributed by atoms with Gasteiger partial charge in [0.1, 0.15) is 0 Å². The fourth-order valence-corrected chi connectivity index (χ4v) is 4.06. The Morgan fingerprint density at radius 1 is 1.30 bits per heavy atom. The number of carbonyl (C=O) groups is 2. The average Bonchev–Trinajstić information content (AvgIpc) is 2.77. The van der Waals surface area contributed by atoms with Crippen molar-refractivity contribution in [1.82, 2.24) is 9.80 Å². The van der Waals surface area contributed by atoms with Crippen LogP contribution in [0, 0.1) is 11.8 Å². The van der Waals surface area contributed by atoms with Gasteiger partial charge in [0.15, 0.2) is 0 Å². The summed E-state index contributed by atoms with van der Waals surface area (Å²) in [6.07, 6.45) is 5.19. The zero-order chi connectivity index (χ0) is 14.3. The van der Waals surface area contributed by atoms with Gasteiger partial charge in [0.2, 0.25) is 11.8 Å². The molecule has 3 unspecified atom stereocenters. The smallest absolute Gasteiger partial charge is 0.228 e. The first-order valence-corrected chi connectivity index (χ1v) is 7.75. The van der Waals surface area contributed by atoms with Crippen LogP contribution in [0.15, 0.2) is 0 Å². The summed E-state index contributed by atoms with van der Waals surface area (Å²) in [5.41, 5.74) is -0.544. The molecule has 2 amide bonds. The molecule has 5 nitrogen and oxygen atoms in total. The molecule has 0 bridgehead atoms. The monoisotopic (exact) mass is 280 g/mol. The second-order valence-corrected chi connectivity index (χ2v) is 6.76. The number of rotatable bonds is 1. The lowest BCUT2D eigenvalue weighted by molar-refractivity contribution is -0.147. The van der Waals surface area contributed by atoms with Crippen LogP contribution in [0.4, 0.5) is 0 Å². The van der Waals surface area contributed by atoms with E-state index in [1.807, 2.05) is 4.90 Å². The molecule has 5 heteroatoms. The number of amides is 2. The molecule has 2 saturated heterocycles. The Hall–Kier alpha value is -1.10. The third-order valence-corrected chi connectivity index (χ3v) is 5.43. The van der Waals surface area contributed by atoms with Crippen LogP contribution < -0.4 is 0 Å². The Morgan fingerprint density at radius 2 is 2.10 bits per heavy atom. The number of piperidine rings is 1. The molecule has 112 valence electrons. The summed E-state index contributed by atoms with van der Waals surface area (Å²) >= 11 is 0. The number of aliphatic hydroxyl groups is 1. The number of carbonyl (C=O) groups excluding carboxylic acids is 2. The maximum atomic E-state index is 12.5. The SMILES string of the molecule is CN1CC(C(=O)N2CCC3(O)CCCCC3C2)CC1=O. The average molecular weight is 280 g/mol. The van der Waals surface area contributed by atoms with Crippen LogP contribution in [-0.2, 0) is 9.59 Å². The summed E-state index contributed by atoms with van der Waals surface area (Å²) in [4.78, 5) is 27.6. The number of hydrogen-bond acceptors (Lipinski definition) is 3. The van der Waals surface area contributed by atoms with E-state index in [1.165, 1.54) is 0 Å². The van der Waals surface area contributed by atoms with E-state index in [0.29, 0.717) is 32.5 Å². The van der Waals surface area contributed by atoms with Gasteiger partial charge in [0.05, 0.1) is 11.5 Å². The van der Waals surface area contributed by atoms with Crippen LogP contribution in [0.1, 0.15) is 38.5 Å². The van der Waals surface area contributed by atoms with E-state index in [0.717, 1.165) is 25.7 Å². The molecule has 1 aliphatic carbocycles. The van der Waals surface area contributed by atoms with Crippen LogP contribution >= 0.6 is 0 Å². The fraction of sp³-hybridized carbons (Fsp3) is 0.867. The van der Waals surface area contributed by atoms with Crippen molar-refractivity contribution in [3.63, 3.8) is 0 Å². The molecule has 3 atom stereocenters. The quantitative estimate of drug-likeness (QED) is 0.766. The molecule has 0 aromatic rings. The minimum atomic E-state index is -0.544. The Morgan fingerprint density at radius 3 is 2.80 bits per heavy atom. The molecule has 0 aromatic carbocycles. The predicted molar refractivity (Wildman–Crippen MR) is 73.8 cm³/mol. The Balaban J connectivity index is 1.64. The minimum absolute atomic E-state index is 0.0644. The van der Waals surface area contributed by atoms with E-state index in [4.69, 9.17) is 0 Å². The van der Waals surface area contributed by atoms with Gasteiger partial charge in [-0.05, 0) is 19.3 Å². The number of nitrogens with zero attached hydrogens (tertiary/aromatic N) is 2.